The monoisotopic (exact) mass is 209 g/mol. The SMILES string of the molecule is [CH](c1ccccc1)C1COc2ccccc21. The fourth-order valence-corrected chi connectivity index (χ4v) is 2.12. The van der Waals surface area contributed by atoms with E-state index in [-0.39, 0.29) is 0 Å². The van der Waals surface area contributed by atoms with Crippen LogP contribution in [0.1, 0.15) is 17.0 Å². The summed E-state index contributed by atoms with van der Waals surface area (Å²) in [7, 11) is 0. The van der Waals surface area contributed by atoms with Gasteiger partial charge in [0.1, 0.15) is 5.75 Å². The summed E-state index contributed by atoms with van der Waals surface area (Å²) >= 11 is 0. The van der Waals surface area contributed by atoms with Crippen LogP contribution in [0.25, 0.3) is 0 Å². The van der Waals surface area contributed by atoms with Crippen LogP contribution in [0.2, 0.25) is 0 Å². The Bertz CT molecular complexity index is 476. The average molecular weight is 209 g/mol. The quantitative estimate of drug-likeness (QED) is 0.736. The van der Waals surface area contributed by atoms with Crippen molar-refractivity contribution in [3.8, 4) is 5.75 Å². The van der Waals surface area contributed by atoms with Crippen LogP contribution >= 0.6 is 0 Å². The van der Waals surface area contributed by atoms with Crippen LogP contribution in [0.3, 0.4) is 0 Å². The predicted molar refractivity (Wildman–Crippen MR) is 64.5 cm³/mol. The van der Waals surface area contributed by atoms with Crippen LogP contribution < -0.4 is 4.74 Å². The Morgan fingerprint density at radius 2 is 1.69 bits per heavy atom. The van der Waals surface area contributed by atoms with E-state index in [0.717, 1.165) is 12.4 Å². The molecule has 1 atom stereocenters. The van der Waals surface area contributed by atoms with E-state index in [9.17, 15) is 0 Å². The van der Waals surface area contributed by atoms with Gasteiger partial charge in [-0.25, -0.2) is 0 Å². The summed E-state index contributed by atoms with van der Waals surface area (Å²) in [5, 5.41) is 0. The lowest BCUT2D eigenvalue weighted by atomic mass is 9.94. The fraction of sp³-hybridized carbons (Fsp3) is 0.133. The van der Waals surface area contributed by atoms with E-state index in [1.165, 1.54) is 11.1 Å². The number of rotatable bonds is 2. The summed E-state index contributed by atoms with van der Waals surface area (Å²) in [6, 6.07) is 18.7. The number of benzene rings is 2. The van der Waals surface area contributed by atoms with Gasteiger partial charge in [-0.05, 0) is 11.6 Å². The van der Waals surface area contributed by atoms with E-state index in [1.807, 2.05) is 18.2 Å². The van der Waals surface area contributed by atoms with Gasteiger partial charge in [-0.1, -0.05) is 48.5 Å². The standard InChI is InChI=1S/C15H13O/c1-2-6-12(7-3-1)10-13-11-16-15-9-5-4-8-14(13)15/h1-10,13H,11H2. The molecule has 0 fully saturated rings. The zero-order valence-corrected chi connectivity index (χ0v) is 8.97. The summed E-state index contributed by atoms with van der Waals surface area (Å²) in [6.45, 7) is 0.758. The third kappa shape index (κ3) is 1.69. The highest BCUT2D eigenvalue weighted by Crippen LogP contribution is 2.36. The highest BCUT2D eigenvalue weighted by molar-refractivity contribution is 5.43. The topological polar surface area (TPSA) is 9.23 Å². The average Bonchev–Trinajstić information content (AvgIpc) is 2.74. The molecular formula is C15H13O. The van der Waals surface area contributed by atoms with Gasteiger partial charge in [0.15, 0.2) is 0 Å². The Balaban J connectivity index is 1.84. The van der Waals surface area contributed by atoms with Crippen LogP contribution in [-0.2, 0) is 0 Å². The summed E-state index contributed by atoms with van der Waals surface area (Å²) < 4.78 is 5.65. The molecule has 0 bridgehead atoms. The Morgan fingerprint density at radius 1 is 0.938 bits per heavy atom. The second-order valence-electron chi connectivity index (χ2n) is 4.03. The van der Waals surface area contributed by atoms with Crippen molar-refractivity contribution in [2.75, 3.05) is 6.61 Å². The van der Waals surface area contributed by atoms with Gasteiger partial charge in [-0.3, -0.25) is 0 Å². The van der Waals surface area contributed by atoms with Crippen molar-refractivity contribution in [3.63, 3.8) is 0 Å². The normalized spacial score (nSPS) is 17.9. The van der Waals surface area contributed by atoms with Crippen molar-refractivity contribution in [3.05, 3.63) is 72.1 Å². The van der Waals surface area contributed by atoms with Crippen molar-refractivity contribution in [1.29, 1.82) is 0 Å². The van der Waals surface area contributed by atoms with E-state index >= 15 is 0 Å². The van der Waals surface area contributed by atoms with E-state index in [4.69, 9.17) is 4.74 Å². The number of ether oxygens (including phenoxy) is 1. The summed E-state index contributed by atoms with van der Waals surface area (Å²) in [5.41, 5.74) is 2.55. The van der Waals surface area contributed by atoms with Gasteiger partial charge in [0.25, 0.3) is 0 Å². The van der Waals surface area contributed by atoms with E-state index in [0.29, 0.717) is 5.92 Å². The third-order valence-corrected chi connectivity index (χ3v) is 2.93. The van der Waals surface area contributed by atoms with Crippen LogP contribution in [0.5, 0.6) is 5.75 Å². The molecule has 1 radical (unpaired) electrons. The van der Waals surface area contributed by atoms with Crippen molar-refractivity contribution in [2.45, 2.75) is 5.92 Å². The first-order chi connectivity index (χ1) is 7.93. The fourth-order valence-electron chi connectivity index (χ4n) is 2.12. The summed E-state index contributed by atoms with van der Waals surface area (Å²) in [5.74, 6) is 1.42. The van der Waals surface area contributed by atoms with Gasteiger partial charge >= 0.3 is 0 Å². The van der Waals surface area contributed by atoms with Crippen molar-refractivity contribution in [1.82, 2.24) is 0 Å². The molecule has 0 aliphatic carbocycles. The molecule has 1 unspecified atom stereocenters. The highest BCUT2D eigenvalue weighted by Gasteiger charge is 2.23. The molecule has 79 valence electrons. The number of hydrogen-bond acceptors (Lipinski definition) is 1. The molecule has 16 heavy (non-hydrogen) atoms. The molecule has 1 heteroatoms. The maximum atomic E-state index is 5.65. The summed E-state index contributed by atoms with van der Waals surface area (Å²) in [6.07, 6.45) is 2.27. The first kappa shape index (κ1) is 9.46. The van der Waals surface area contributed by atoms with Crippen LogP contribution in [0.4, 0.5) is 0 Å². The van der Waals surface area contributed by atoms with E-state index < -0.39 is 0 Å². The molecule has 0 saturated carbocycles. The molecule has 3 rings (SSSR count). The molecule has 2 aromatic carbocycles. The lowest BCUT2D eigenvalue weighted by Crippen LogP contribution is -2.01. The minimum absolute atomic E-state index is 0.388. The number of fused-ring (bicyclic) bond motifs is 1. The smallest absolute Gasteiger partial charge is 0.122 e. The maximum Gasteiger partial charge on any atom is 0.122 e. The number of hydrogen-bond donors (Lipinski definition) is 0. The second-order valence-corrected chi connectivity index (χ2v) is 4.03. The largest absolute Gasteiger partial charge is 0.493 e. The van der Waals surface area contributed by atoms with Gasteiger partial charge in [0.05, 0.1) is 6.61 Å². The second kappa shape index (κ2) is 4.01. The van der Waals surface area contributed by atoms with Gasteiger partial charge in [0, 0.05) is 17.9 Å². The molecule has 1 aliphatic heterocycles. The zero-order valence-electron chi connectivity index (χ0n) is 8.97. The van der Waals surface area contributed by atoms with E-state index in [2.05, 4.69) is 42.8 Å². The van der Waals surface area contributed by atoms with Gasteiger partial charge in [-0.15, -0.1) is 0 Å². The van der Waals surface area contributed by atoms with Crippen molar-refractivity contribution in [2.24, 2.45) is 0 Å². The Labute approximate surface area is 95.7 Å². The zero-order chi connectivity index (χ0) is 10.8. The van der Waals surface area contributed by atoms with Gasteiger partial charge in [-0.2, -0.15) is 0 Å². The predicted octanol–water partition coefficient (Wildman–Crippen LogP) is 3.42. The Hall–Kier alpha value is -1.76. The van der Waals surface area contributed by atoms with Gasteiger partial charge in [0.2, 0.25) is 0 Å². The van der Waals surface area contributed by atoms with Crippen LogP contribution in [0, 0.1) is 6.42 Å². The highest BCUT2D eigenvalue weighted by atomic mass is 16.5. The molecule has 1 aliphatic rings. The van der Waals surface area contributed by atoms with Crippen molar-refractivity contribution < 1.29 is 4.74 Å². The molecule has 1 nitrogen and oxygen atoms in total. The minimum atomic E-state index is 0.388. The molecule has 0 spiro atoms. The lowest BCUT2D eigenvalue weighted by Gasteiger charge is -2.07. The molecular weight excluding hydrogens is 196 g/mol. The first-order valence-corrected chi connectivity index (χ1v) is 5.55. The molecule has 1 heterocycles. The van der Waals surface area contributed by atoms with Crippen LogP contribution in [-0.4, -0.2) is 6.61 Å². The minimum Gasteiger partial charge on any atom is -0.493 e. The molecule has 0 N–H and O–H groups in total. The molecule has 0 amide bonds. The van der Waals surface area contributed by atoms with Gasteiger partial charge < -0.3 is 4.74 Å². The molecule has 0 aromatic heterocycles. The first-order valence-electron chi connectivity index (χ1n) is 5.55. The van der Waals surface area contributed by atoms with Crippen molar-refractivity contribution >= 4 is 0 Å². The Morgan fingerprint density at radius 3 is 2.56 bits per heavy atom. The third-order valence-electron chi connectivity index (χ3n) is 2.93. The van der Waals surface area contributed by atoms with Crippen LogP contribution in [0.15, 0.2) is 54.6 Å². The summed E-state index contributed by atoms with van der Waals surface area (Å²) in [4.78, 5) is 0. The Kier molecular flexibility index (Phi) is 2.37. The molecule has 0 saturated heterocycles. The lowest BCUT2D eigenvalue weighted by molar-refractivity contribution is 0.341. The maximum absolute atomic E-state index is 5.65. The number of para-hydroxylation sites is 1. The van der Waals surface area contributed by atoms with E-state index in [1.54, 1.807) is 0 Å². The molecule has 2 aromatic rings.